The molecule has 2 aromatic carbocycles. The molecule has 0 saturated heterocycles. The summed E-state index contributed by atoms with van der Waals surface area (Å²) in [5, 5.41) is -0.106. The van der Waals surface area contributed by atoms with Crippen LogP contribution < -0.4 is 0 Å². The van der Waals surface area contributed by atoms with E-state index in [2.05, 4.69) is 72.2 Å². The highest BCUT2D eigenvalue weighted by molar-refractivity contribution is 9.10. The molecular formula is C17H18BrCl. The molecule has 0 N–H and O–H groups in total. The average molecular weight is 338 g/mol. The summed E-state index contributed by atoms with van der Waals surface area (Å²) in [4.78, 5) is 0. The quantitative estimate of drug-likeness (QED) is 0.597. The van der Waals surface area contributed by atoms with E-state index in [0.717, 1.165) is 22.0 Å². The summed E-state index contributed by atoms with van der Waals surface area (Å²) in [6.07, 6.45) is 2.30. The van der Waals surface area contributed by atoms with Gasteiger partial charge in [0.25, 0.3) is 0 Å². The van der Waals surface area contributed by atoms with Crippen LogP contribution in [0.5, 0.6) is 0 Å². The molecular weight excluding hydrogens is 320 g/mol. The first kappa shape index (κ1) is 14.6. The van der Waals surface area contributed by atoms with Crippen LogP contribution in [0.15, 0.2) is 46.9 Å². The molecule has 2 heteroatoms. The summed E-state index contributed by atoms with van der Waals surface area (Å²) in [6.45, 7) is 4.28. The Labute approximate surface area is 128 Å². The van der Waals surface area contributed by atoms with Gasteiger partial charge in [-0.15, -0.1) is 11.6 Å². The third-order valence-electron chi connectivity index (χ3n) is 3.24. The zero-order valence-electron chi connectivity index (χ0n) is 11.3. The van der Waals surface area contributed by atoms with Crippen LogP contribution >= 0.6 is 27.5 Å². The highest BCUT2D eigenvalue weighted by Gasteiger charge is 2.13. The van der Waals surface area contributed by atoms with E-state index in [-0.39, 0.29) is 5.38 Å². The molecule has 0 spiro atoms. The minimum absolute atomic E-state index is 0.106. The molecule has 0 aliphatic rings. The van der Waals surface area contributed by atoms with Gasteiger partial charge in [-0.2, -0.15) is 0 Å². The van der Waals surface area contributed by atoms with E-state index < -0.39 is 0 Å². The van der Waals surface area contributed by atoms with Gasteiger partial charge in [0, 0.05) is 4.47 Å². The Morgan fingerprint density at radius 1 is 1.11 bits per heavy atom. The fraction of sp³-hybridized carbons (Fsp3) is 0.294. The molecule has 2 rings (SSSR count). The van der Waals surface area contributed by atoms with Crippen LogP contribution in [0.2, 0.25) is 0 Å². The van der Waals surface area contributed by atoms with Gasteiger partial charge < -0.3 is 0 Å². The zero-order valence-corrected chi connectivity index (χ0v) is 13.6. The minimum Gasteiger partial charge on any atom is -0.113 e. The summed E-state index contributed by atoms with van der Waals surface area (Å²) in [5.41, 5.74) is 4.87. The maximum Gasteiger partial charge on any atom is 0.0846 e. The summed E-state index contributed by atoms with van der Waals surface area (Å²) in [7, 11) is 0. The Bertz CT molecular complexity index is 546. The maximum atomic E-state index is 6.59. The molecule has 19 heavy (non-hydrogen) atoms. The first-order valence-electron chi connectivity index (χ1n) is 6.60. The molecule has 0 aliphatic carbocycles. The van der Waals surface area contributed by atoms with Gasteiger partial charge in [0.2, 0.25) is 0 Å². The van der Waals surface area contributed by atoms with Crippen LogP contribution in [0.25, 0.3) is 0 Å². The van der Waals surface area contributed by atoms with Gasteiger partial charge in [-0.25, -0.2) is 0 Å². The molecule has 0 heterocycles. The lowest BCUT2D eigenvalue weighted by Crippen LogP contribution is -1.95. The molecule has 0 amide bonds. The second-order valence-corrected chi connectivity index (χ2v) is 6.17. The van der Waals surface area contributed by atoms with Crippen molar-refractivity contribution in [1.29, 1.82) is 0 Å². The van der Waals surface area contributed by atoms with Gasteiger partial charge in [-0.3, -0.25) is 0 Å². The second kappa shape index (κ2) is 6.58. The van der Waals surface area contributed by atoms with Gasteiger partial charge in [0.05, 0.1) is 5.38 Å². The molecule has 1 atom stereocenters. The van der Waals surface area contributed by atoms with E-state index in [1.165, 1.54) is 17.5 Å². The number of aryl methyl sites for hydroxylation is 2. The Morgan fingerprint density at radius 2 is 1.79 bits per heavy atom. The summed E-state index contributed by atoms with van der Waals surface area (Å²) in [5.74, 6) is 0. The van der Waals surface area contributed by atoms with Crippen LogP contribution in [0.3, 0.4) is 0 Å². The fourth-order valence-corrected chi connectivity index (χ4v) is 3.35. The molecule has 0 radical (unpaired) electrons. The topological polar surface area (TPSA) is 0 Å². The molecule has 0 saturated carbocycles. The van der Waals surface area contributed by atoms with Crippen molar-refractivity contribution < 1.29 is 0 Å². The van der Waals surface area contributed by atoms with E-state index in [1.54, 1.807) is 0 Å². The summed E-state index contributed by atoms with van der Waals surface area (Å²) < 4.78 is 1.07. The maximum absolute atomic E-state index is 6.59. The molecule has 1 unspecified atom stereocenters. The Kier molecular flexibility index (Phi) is 5.06. The Hall–Kier alpha value is -0.790. The largest absolute Gasteiger partial charge is 0.113 e. The van der Waals surface area contributed by atoms with Crippen molar-refractivity contribution in [3.05, 3.63) is 69.2 Å². The Balaban J connectivity index is 2.25. The molecule has 100 valence electrons. The lowest BCUT2D eigenvalue weighted by Gasteiger charge is -2.13. The van der Waals surface area contributed by atoms with Crippen LogP contribution in [-0.2, 0) is 6.42 Å². The number of alkyl halides is 1. The lowest BCUT2D eigenvalue weighted by atomic mass is 10.0. The molecule has 0 bridgehead atoms. The standard InChI is InChI=1S/C17H18BrCl/c1-3-4-13-6-8-14(9-7-13)17(19)15-10-5-12(2)11-16(15)18/h5-11,17H,3-4H2,1-2H3. The van der Waals surface area contributed by atoms with Gasteiger partial charge in [-0.05, 0) is 41.7 Å². The van der Waals surface area contributed by atoms with Crippen LogP contribution in [-0.4, -0.2) is 0 Å². The van der Waals surface area contributed by atoms with Crippen LogP contribution in [0.1, 0.15) is 41.0 Å². The molecule has 2 aromatic rings. The zero-order chi connectivity index (χ0) is 13.8. The number of rotatable bonds is 4. The lowest BCUT2D eigenvalue weighted by molar-refractivity contribution is 0.920. The normalized spacial score (nSPS) is 12.4. The molecule has 0 nitrogen and oxygen atoms in total. The monoisotopic (exact) mass is 336 g/mol. The van der Waals surface area contributed by atoms with E-state index in [1.807, 2.05) is 0 Å². The van der Waals surface area contributed by atoms with Gasteiger partial charge in [0.1, 0.15) is 0 Å². The van der Waals surface area contributed by atoms with Crippen LogP contribution in [0.4, 0.5) is 0 Å². The van der Waals surface area contributed by atoms with Crippen LogP contribution in [0, 0.1) is 6.92 Å². The van der Waals surface area contributed by atoms with Crippen molar-refractivity contribution in [1.82, 2.24) is 0 Å². The predicted molar refractivity (Wildman–Crippen MR) is 87.0 cm³/mol. The van der Waals surface area contributed by atoms with Crippen molar-refractivity contribution >= 4 is 27.5 Å². The van der Waals surface area contributed by atoms with Gasteiger partial charge >= 0.3 is 0 Å². The first-order chi connectivity index (χ1) is 9.11. The van der Waals surface area contributed by atoms with Gasteiger partial charge in [0.15, 0.2) is 0 Å². The second-order valence-electron chi connectivity index (χ2n) is 4.88. The number of hydrogen-bond donors (Lipinski definition) is 0. The van der Waals surface area contributed by atoms with Crippen molar-refractivity contribution in [2.75, 3.05) is 0 Å². The molecule has 0 fully saturated rings. The minimum atomic E-state index is -0.106. The van der Waals surface area contributed by atoms with E-state index >= 15 is 0 Å². The number of benzene rings is 2. The highest BCUT2D eigenvalue weighted by atomic mass is 79.9. The van der Waals surface area contributed by atoms with Crippen molar-refractivity contribution in [2.24, 2.45) is 0 Å². The molecule has 0 aromatic heterocycles. The SMILES string of the molecule is CCCc1ccc(C(Cl)c2ccc(C)cc2Br)cc1. The smallest absolute Gasteiger partial charge is 0.0846 e. The number of halogens is 2. The third kappa shape index (κ3) is 3.61. The van der Waals surface area contributed by atoms with Gasteiger partial charge in [-0.1, -0.05) is 65.7 Å². The summed E-state index contributed by atoms with van der Waals surface area (Å²) in [6, 6.07) is 14.9. The van der Waals surface area contributed by atoms with E-state index in [9.17, 15) is 0 Å². The van der Waals surface area contributed by atoms with E-state index in [4.69, 9.17) is 11.6 Å². The average Bonchev–Trinajstić information content (AvgIpc) is 2.39. The van der Waals surface area contributed by atoms with E-state index in [0.29, 0.717) is 0 Å². The van der Waals surface area contributed by atoms with Crippen molar-refractivity contribution in [3.63, 3.8) is 0 Å². The van der Waals surface area contributed by atoms with Crippen molar-refractivity contribution in [2.45, 2.75) is 32.1 Å². The Morgan fingerprint density at radius 3 is 2.37 bits per heavy atom. The summed E-state index contributed by atoms with van der Waals surface area (Å²) >= 11 is 10.2. The first-order valence-corrected chi connectivity index (χ1v) is 7.83. The predicted octanol–water partition coefficient (Wildman–Crippen LogP) is 6.04. The number of hydrogen-bond acceptors (Lipinski definition) is 0. The van der Waals surface area contributed by atoms with Crippen molar-refractivity contribution in [3.8, 4) is 0 Å². The highest BCUT2D eigenvalue weighted by Crippen LogP contribution is 2.34. The third-order valence-corrected chi connectivity index (χ3v) is 4.41. The molecule has 0 aliphatic heterocycles. The fourth-order valence-electron chi connectivity index (χ4n) is 2.16.